The van der Waals surface area contributed by atoms with Crippen molar-refractivity contribution < 1.29 is 4.74 Å². The fourth-order valence-electron chi connectivity index (χ4n) is 2.58. The second-order valence-corrected chi connectivity index (χ2v) is 6.73. The molecule has 0 bridgehead atoms. The fraction of sp³-hybridized carbons (Fsp3) is 0.833. The van der Waals surface area contributed by atoms with Gasteiger partial charge in [0.1, 0.15) is 0 Å². The molecule has 3 nitrogen and oxygen atoms in total. The first-order valence-corrected chi connectivity index (χ1v) is 9.44. The molecule has 1 atom stereocenters. The summed E-state index contributed by atoms with van der Waals surface area (Å²) in [5.41, 5.74) is 0. The highest BCUT2D eigenvalue weighted by Crippen LogP contribution is 2.10. The van der Waals surface area contributed by atoms with Crippen LogP contribution in [0.5, 0.6) is 0 Å². The summed E-state index contributed by atoms with van der Waals surface area (Å²) in [5.74, 6) is 0. The summed E-state index contributed by atoms with van der Waals surface area (Å²) in [6.45, 7) is 4.49. The van der Waals surface area contributed by atoms with Crippen LogP contribution < -0.4 is 0 Å². The zero-order valence-electron chi connectivity index (χ0n) is 14.2. The van der Waals surface area contributed by atoms with E-state index in [4.69, 9.17) is 16.3 Å². The van der Waals surface area contributed by atoms with Crippen molar-refractivity contribution in [2.24, 2.45) is 0 Å². The minimum absolute atomic E-state index is 0.0253. The lowest BCUT2D eigenvalue weighted by Crippen LogP contribution is -2.16. The second-order valence-electron chi connectivity index (χ2n) is 6.11. The second kappa shape index (κ2) is 14.1. The Bertz CT molecular complexity index is 330. The summed E-state index contributed by atoms with van der Waals surface area (Å²) in [4.78, 5) is 4.00. The SMILES string of the molecule is CCCCCCCCCCCCOCC(Cl)Cn1ccnc1. The third-order valence-electron chi connectivity index (χ3n) is 3.91. The molecule has 0 N–H and O–H groups in total. The summed E-state index contributed by atoms with van der Waals surface area (Å²) in [6.07, 6.45) is 19.1. The van der Waals surface area contributed by atoms with Crippen LogP contribution >= 0.6 is 11.6 Å². The number of rotatable bonds is 15. The van der Waals surface area contributed by atoms with Crippen molar-refractivity contribution in [1.29, 1.82) is 0 Å². The highest BCUT2D eigenvalue weighted by Gasteiger charge is 2.05. The maximum atomic E-state index is 6.23. The highest BCUT2D eigenvalue weighted by molar-refractivity contribution is 6.20. The molecule has 0 aliphatic rings. The molecule has 1 rings (SSSR count). The number of unbranched alkanes of at least 4 members (excludes halogenated alkanes) is 9. The summed E-state index contributed by atoms with van der Waals surface area (Å²) in [7, 11) is 0. The van der Waals surface area contributed by atoms with E-state index in [1.807, 2.05) is 10.8 Å². The van der Waals surface area contributed by atoms with E-state index in [9.17, 15) is 0 Å². The molecule has 1 unspecified atom stereocenters. The molecule has 0 amide bonds. The molecule has 0 aliphatic heterocycles. The lowest BCUT2D eigenvalue weighted by atomic mass is 10.1. The van der Waals surface area contributed by atoms with Crippen LogP contribution in [-0.2, 0) is 11.3 Å². The quantitative estimate of drug-likeness (QED) is 0.317. The molecule has 0 radical (unpaired) electrons. The van der Waals surface area contributed by atoms with E-state index in [1.54, 1.807) is 12.5 Å². The molecule has 0 saturated carbocycles. The van der Waals surface area contributed by atoms with Gasteiger partial charge in [0.25, 0.3) is 0 Å². The topological polar surface area (TPSA) is 27.1 Å². The lowest BCUT2D eigenvalue weighted by Gasteiger charge is -2.10. The van der Waals surface area contributed by atoms with Crippen molar-refractivity contribution in [2.75, 3.05) is 13.2 Å². The number of nitrogens with zero attached hydrogens (tertiary/aromatic N) is 2. The van der Waals surface area contributed by atoms with E-state index in [0.29, 0.717) is 6.61 Å². The van der Waals surface area contributed by atoms with Crippen LogP contribution in [-0.4, -0.2) is 28.1 Å². The first-order valence-electron chi connectivity index (χ1n) is 9.00. The van der Waals surface area contributed by atoms with Crippen LogP contribution in [0.25, 0.3) is 0 Å². The summed E-state index contributed by atoms with van der Waals surface area (Å²) in [6, 6.07) is 0. The van der Waals surface area contributed by atoms with Crippen molar-refractivity contribution in [3.8, 4) is 0 Å². The van der Waals surface area contributed by atoms with Crippen LogP contribution in [0.4, 0.5) is 0 Å². The molecular weight excluding hydrogens is 296 g/mol. The van der Waals surface area contributed by atoms with E-state index < -0.39 is 0 Å². The average Bonchev–Trinajstić information content (AvgIpc) is 3.01. The van der Waals surface area contributed by atoms with Crippen LogP contribution in [0.1, 0.15) is 71.1 Å². The molecule has 4 heteroatoms. The first-order chi connectivity index (χ1) is 10.8. The van der Waals surface area contributed by atoms with Gasteiger partial charge in [-0.1, -0.05) is 64.7 Å². The van der Waals surface area contributed by atoms with E-state index in [-0.39, 0.29) is 5.38 Å². The number of imidazole rings is 1. The Morgan fingerprint density at radius 1 is 1.00 bits per heavy atom. The van der Waals surface area contributed by atoms with Crippen LogP contribution in [0.15, 0.2) is 18.7 Å². The Kier molecular flexibility index (Phi) is 12.5. The molecule has 0 spiro atoms. The monoisotopic (exact) mass is 328 g/mol. The fourth-order valence-corrected chi connectivity index (χ4v) is 2.83. The molecule has 22 heavy (non-hydrogen) atoms. The van der Waals surface area contributed by atoms with Crippen molar-refractivity contribution in [3.05, 3.63) is 18.7 Å². The van der Waals surface area contributed by atoms with Gasteiger partial charge >= 0.3 is 0 Å². The lowest BCUT2D eigenvalue weighted by molar-refractivity contribution is 0.127. The molecule has 1 aromatic rings. The van der Waals surface area contributed by atoms with Gasteiger partial charge in [0.05, 0.1) is 18.3 Å². The number of alkyl halides is 1. The zero-order valence-corrected chi connectivity index (χ0v) is 14.9. The predicted octanol–water partition coefficient (Wildman–Crippen LogP) is 5.43. The summed E-state index contributed by atoms with van der Waals surface area (Å²) in [5, 5.41) is 0.0253. The van der Waals surface area contributed by atoms with Crippen molar-refractivity contribution in [2.45, 2.75) is 83.1 Å². The Labute approximate surface area is 141 Å². The number of ether oxygens (including phenoxy) is 1. The molecule has 0 fully saturated rings. The molecule has 0 saturated heterocycles. The van der Waals surface area contributed by atoms with E-state index >= 15 is 0 Å². The Morgan fingerprint density at radius 3 is 2.23 bits per heavy atom. The number of hydrogen-bond donors (Lipinski definition) is 0. The number of halogens is 1. The number of aromatic nitrogens is 2. The van der Waals surface area contributed by atoms with E-state index in [1.165, 1.54) is 57.8 Å². The van der Waals surface area contributed by atoms with Crippen molar-refractivity contribution in [3.63, 3.8) is 0 Å². The van der Waals surface area contributed by atoms with Gasteiger partial charge in [-0.2, -0.15) is 0 Å². The highest BCUT2D eigenvalue weighted by atomic mass is 35.5. The largest absolute Gasteiger partial charge is 0.380 e. The third-order valence-corrected chi connectivity index (χ3v) is 4.17. The molecular formula is C18H33ClN2O. The summed E-state index contributed by atoms with van der Waals surface area (Å²) < 4.78 is 7.64. The Morgan fingerprint density at radius 2 is 1.64 bits per heavy atom. The first kappa shape index (κ1) is 19.5. The van der Waals surface area contributed by atoms with Gasteiger partial charge in [-0.3, -0.25) is 0 Å². The summed E-state index contributed by atoms with van der Waals surface area (Å²) >= 11 is 6.23. The van der Waals surface area contributed by atoms with Gasteiger partial charge in [0.2, 0.25) is 0 Å². The molecule has 0 aromatic carbocycles. The van der Waals surface area contributed by atoms with Gasteiger partial charge in [0, 0.05) is 25.5 Å². The van der Waals surface area contributed by atoms with Crippen molar-refractivity contribution >= 4 is 11.6 Å². The third kappa shape index (κ3) is 11.1. The maximum Gasteiger partial charge on any atom is 0.0946 e. The molecule has 1 heterocycles. The number of hydrogen-bond acceptors (Lipinski definition) is 2. The maximum absolute atomic E-state index is 6.23. The Hall–Kier alpha value is -0.540. The van der Waals surface area contributed by atoms with Crippen LogP contribution in [0, 0.1) is 0 Å². The minimum Gasteiger partial charge on any atom is -0.380 e. The van der Waals surface area contributed by atoms with Crippen LogP contribution in [0.2, 0.25) is 0 Å². The Balaban J connectivity index is 1.78. The van der Waals surface area contributed by atoms with Crippen molar-refractivity contribution in [1.82, 2.24) is 9.55 Å². The van der Waals surface area contributed by atoms with E-state index in [0.717, 1.165) is 19.6 Å². The van der Waals surface area contributed by atoms with Gasteiger partial charge in [0.15, 0.2) is 0 Å². The van der Waals surface area contributed by atoms with E-state index in [2.05, 4.69) is 11.9 Å². The normalized spacial score (nSPS) is 12.6. The minimum atomic E-state index is 0.0253. The average molecular weight is 329 g/mol. The van der Waals surface area contributed by atoms with Gasteiger partial charge in [-0.15, -0.1) is 11.6 Å². The predicted molar refractivity (Wildman–Crippen MR) is 94.5 cm³/mol. The van der Waals surface area contributed by atoms with Gasteiger partial charge in [-0.25, -0.2) is 4.98 Å². The standard InChI is InChI=1S/C18H33ClN2O/c1-2-3-4-5-6-7-8-9-10-11-14-22-16-18(19)15-21-13-12-20-17-21/h12-13,17-18H,2-11,14-16H2,1H3. The molecule has 1 aromatic heterocycles. The smallest absolute Gasteiger partial charge is 0.0946 e. The molecule has 128 valence electrons. The van der Waals surface area contributed by atoms with Gasteiger partial charge < -0.3 is 9.30 Å². The zero-order chi connectivity index (χ0) is 15.9. The molecule has 0 aliphatic carbocycles. The van der Waals surface area contributed by atoms with Crippen LogP contribution in [0.3, 0.4) is 0 Å². The van der Waals surface area contributed by atoms with Gasteiger partial charge in [-0.05, 0) is 6.42 Å².